The van der Waals surface area contributed by atoms with Crippen LogP contribution in [0.5, 0.6) is 0 Å². The summed E-state index contributed by atoms with van der Waals surface area (Å²) in [6, 6.07) is 3.94. The lowest BCUT2D eigenvalue weighted by Crippen LogP contribution is -2.42. The van der Waals surface area contributed by atoms with Gasteiger partial charge in [0.15, 0.2) is 0 Å². The molecule has 1 fully saturated rings. The van der Waals surface area contributed by atoms with Crippen LogP contribution in [0.15, 0.2) is 23.1 Å². The van der Waals surface area contributed by atoms with E-state index >= 15 is 0 Å². The van der Waals surface area contributed by atoms with Gasteiger partial charge in [-0.15, -0.1) is 0 Å². The van der Waals surface area contributed by atoms with Gasteiger partial charge in [0.25, 0.3) is 5.92 Å². The third kappa shape index (κ3) is 2.98. The predicted molar refractivity (Wildman–Crippen MR) is 68.8 cm³/mol. The molecule has 1 saturated heterocycles. The van der Waals surface area contributed by atoms with Crippen LogP contribution < -0.4 is 5.73 Å². The summed E-state index contributed by atoms with van der Waals surface area (Å²) in [5.74, 6) is -2.79. The lowest BCUT2D eigenvalue weighted by atomic mass is 10.1. The highest BCUT2D eigenvalue weighted by Crippen LogP contribution is 2.31. The van der Waals surface area contributed by atoms with E-state index in [1.165, 1.54) is 18.2 Å². The Morgan fingerprint density at radius 3 is 2.37 bits per heavy atom. The molecule has 0 amide bonds. The molecule has 0 aromatic heterocycles. The summed E-state index contributed by atoms with van der Waals surface area (Å²) in [7, 11) is -3.79. The number of rotatable bonds is 2. The number of nitrogens with zero attached hydrogens (tertiary/aromatic N) is 1. The third-order valence-electron chi connectivity index (χ3n) is 3.06. The van der Waals surface area contributed by atoms with Crippen molar-refractivity contribution in [3.05, 3.63) is 23.2 Å². The topological polar surface area (TPSA) is 63.4 Å². The summed E-state index contributed by atoms with van der Waals surface area (Å²) in [6.45, 7) is -0.393. The Morgan fingerprint density at radius 2 is 1.84 bits per heavy atom. The normalized spacial score (nSPS) is 20.4. The second kappa shape index (κ2) is 4.88. The van der Waals surface area contributed by atoms with Crippen molar-refractivity contribution in [1.82, 2.24) is 4.31 Å². The van der Waals surface area contributed by atoms with E-state index in [0.29, 0.717) is 0 Å². The first-order chi connectivity index (χ1) is 8.72. The molecule has 19 heavy (non-hydrogen) atoms. The number of benzene rings is 1. The van der Waals surface area contributed by atoms with E-state index in [1.807, 2.05) is 0 Å². The molecule has 1 aromatic rings. The lowest BCUT2D eigenvalue weighted by molar-refractivity contribution is -0.0412. The molecule has 2 rings (SSSR count). The molecule has 106 valence electrons. The maximum atomic E-state index is 13.0. The fourth-order valence-corrected chi connectivity index (χ4v) is 3.48. The lowest BCUT2D eigenvalue weighted by Gasteiger charge is -2.30. The minimum Gasteiger partial charge on any atom is -0.397 e. The van der Waals surface area contributed by atoms with Crippen LogP contribution in [0, 0.1) is 0 Å². The number of nitrogens with two attached hydrogens (primary N) is 1. The molecule has 0 bridgehead atoms. The molecule has 0 atom stereocenters. The Kier molecular flexibility index (Phi) is 3.72. The predicted octanol–water partition coefficient (Wildman–Crippen LogP) is 2.34. The molecule has 1 aliphatic rings. The van der Waals surface area contributed by atoms with Crippen molar-refractivity contribution in [3.8, 4) is 0 Å². The van der Waals surface area contributed by atoms with Crippen molar-refractivity contribution in [2.45, 2.75) is 23.7 Å². The van der Waals surface area contributed by atoms with Gasteiger partial charge in [-0.25, -0.2) is 17.2 Å². The molecule has 2 N–H and O–H groups in total. The second-order valence-electron chi connectivity index (χ2n) is 4.44. The van der Waals surface area contributed by atoms with E-state index in [4.69, 9.17) is 17.3 Å². The first-order valence-corrected chi connectivity index (χ1v) is 7.47. The number of nitrogen functional groups attached to an aromatic ring is 1. The van der Waals surface area contributed by atoms with Gasteiger partial charge in [0.2, 0.25) is 10.0 Å². The van der Waals surface area contributed by atoms with Crippen molar-refractivity contribution in [2.75, 3.05) is 18.8 Å². The zero-order chi connectivity index (χ0) is 14.3. The first kappa shape index (κ1) is 14.5. The Bertz CT molecular complexity index is 582. The van der Waals surface area contributed by atoms with Crippen LogP contribution in [0.25, 0.3) is 0 Å². The van der Waals surface area contributed by atoms with Crippen LogP contribution in [0.2, 0.25) is 5.02 Å². The third-order valence-corrected chi connectivity index (χ3v) is 5.30. The molecule has 1 heterocycles. The molecule has 0 unspecified atom stereocenters. The van der Waals surface area contributed by atoms with Crippen LogP contribution in [0.4, 0.5) is 14.5 Å². The van der Waals surface area contributed by atoms with Gasteiger partial charge >= 0.3 is 0 Å². The summed E-state index contributed by atoms with van der Waals surface area (Å²) in [6.07, 6.45) is -0.926. The molecule has 8 heteroatoms. The SMILES string of the molecule is Nc1cc(S(=O)(=O)N2CCC(F)(F)CC2)ccc1Cl. The number of halogens is 3. The molecule has 1 aliphatic heterocycles. The number of alkyl halides is 2. The molecular formula is C11H13ClF2N2O2S. The molecule has 0 saturated carbocycles. The van der Waals surface area contributed by atoms with Gasteiger partial charge in [-0.3, -0.25) is 0 Å². The minimum absolute atomic E-state index is 0.0281. The number of anilines is 1. The zero-order valence-electron chi connectivity index (χ0n) is 9.94. The summed E-state index contributed by atoms with van der Waals surface area (Å²) < 4.78 is 51.6. The summed E-state index contributed by atoms with van der Waals surface area (Å²) in [5.41, 5.74) is 5.70. The van der Waals surface area contributed by atoms with E-state index in [9.17, 15) is 17.2 Å². The van der Waals surface area contributed by atoms with Crippen molar-refractivity contribution in [3.63, 3.8) is 0 Å². The molecule has 1 aromatic carbocycles. The summed E-state index contributed by atoms with van der Waals surface area (Å²) >= 11 is 5.72. The van der Waals surface area contributed by atoms with Crippen molar-refractivity contribution >= 4 is 27.3 Å². The Morgan fingerprint density at radius 1 is 1.26 bits per heavy atom. The fraction of sp³-hybridized carbons (Fsp3) is 0.455. The number of hydrogen-bond donors (Lipinski definition) is 1. The van der Waals surface area contributed by atoms with Crippen molar-refractivity contribution in [2.24, 2.45) is 0 Å². The highest BCUT2D eigenvalue weighted by atomic mass is 35.5. The average molecular weight is 311 g/mol. The zero-order valence-corrected chi connectivity index (χ0v) is 11.5. The van der Waals surface area contributed by atoms with E-state index < -0.39 is 28.8 Å². The number of hydrogen-bond acceptors (Lipinski definition) is 3. The van der Waals surface area contributed by atoms with Gasteiger partial charge < -0.3 is 5.73 Å². The highest BCUT2D eigenvalue weighted by molar-refractivity contribution is 7.89. The van der Waals surface area contributed by atoms with Crippen LogP contribution >= 0.6 is 11.6 Å². The Balaban J connectivity index is 2.25. The first-order valence-electron chi connectivity index (χ1n) is 5.65. The van der Waals surface area contributed by atoms with E-state index in [2.05, 4.69) is 0 Å². The number of sulfonamides is 1. The van der Waals surface area contributed by atoms with Gasteiger partial charge in [0.1, 0.15) is 0 Å². The summed E-state index contributed by atoms with van der Waals surface area (Å²) in [5, 5.41) is 0.254. The fourth-order valence-electron chi connectivity index (χ4n) is 1.89. The maximum absolute atomic E-state index is 13.0. The molecule has 0 aliphatic carbocycles. The van der Waals surface area contributed by atoms with Gasteiger partial charge in [0.05, 0.1) is 15.6 Å². The Labute approximate surface area is 115 Å². The molecule has 4 nitrogen and oxygen atoms in total. The van der Waals surface area contributed by atoms with E-state index in [0.717, 1.165) is 4.31 Å². The smallest absolute Gasteiger partial charge is 0.250 e. The molecule has 0 spiro atoms. The van der Waals surface area contributed by atoms with Crippen LogP contribution in [-0.4, -0.2) is 31.7 Å². The van der Waals surface area contributed by atoms with Crippen LogP contribution in [0.1, 0.15) is 12.8 Å². The van der Waals surface area contributed by atoms with Crippen molar-refractivity contribution < 1.29 is 17.2 Å². The monoisotopic (exact) mass is 310 g/mol. The van der Waals surface area contributed by atoms with Gasteiger partial charge in [0, 0.05) is 25.9 Å². The van der Waals surface area contributed by atoms with Gasteiger partial charge in [-0.1, -0.05) is 11.6 Å². The standard InChI is InChI=1S/C11H13ClF2N2O2S/c12-9-2-1-8(7-10(9)15)19(17,18)16-5-3-11(13,14)4-6-16/h1-2,7H,3-6,15H2. The molecule has 0 radical (unpaired) electrons. The van der Waals surface area contributed by atoms with Crippen LogP contribution in [-0.2, 0) is 10.0 Å². The maximum Gasteiger partial charge on any atom is 0.250 e. The number of piperidine rings is 1. The quantitative estimate of drug-likeness (QED) is 0.853. The van der Waals surface area contributed by atoms with Crippen molar-refractivity contribution in [1.29, 1.82) is 0 Å². The highest BCUT2D eigenvalue weighted by Gasteiger charge is 2.38. The minimum atomic E-state index is -3.79. The average Bonchev–Trinajstić information content (AvgIpc) is 2.32. The second-order valence-corrected chi connectivity index (χ2v) is 6.79. The van der Waals surface area contributed by atoms with E-state index in [1.54, 1.807) is 0 Å². The van der Waals surface area contributed by atoms with Gasteiger partial charge in [-0.05, 0) is 18.2 Å². The largest absolute Gasteiger partial charge is 0.397 e. The van der Waals surface area contributed by atoms with Gasteiger partial charge in [-0.2, -0.15) is 4.31 Å². The summed E-state index contributed by atoms with van der Waals surface area (Å²) in [4.78, 5) is -0.0281. The van der Waals surface area contributed by atoms with Crippen LogP contribution in [0.3, 0.4) is 0 Å². The molecular weight excluding hydrogens is 298 g/mol. The van der Waals surface area contributed by atoms with E-state index in [-0.39, 0.29) is 28.7 Å². The Hall–Kier alpha value is -0.920.